The minimum absolute atomic E-state index is 0.191. The van der Waals surface area contributed by atoms with Crippen molar-refractivity contribution in [2.75, 3.05) is 18.4 Å². The van der Waals surface area contributed by atoms with Gasteiger partial charge in [-0.05, 0) is 18.2 Å². The van der Waals surface area contributed by atoms with Crippen molar-refractivity contribution >= 4 is 34.4 Å². The molecule has 144 valence electrons. The lowest BCUT2D eigenvalue weighted by Crippen LogP contribution is -2.39. The normalized spacial score (nSPS) is 14.2. The van der Waals surface area contributed by atoms with Gasteiger partial charge in [0.1, 0.15) is 0 Å². The van der Waals surface area contributed by atoms with E-state index in [0.717, 1.165) is 18.8 Å². The smallest absolute Gasteiger partial charge is 0.475 e. The predicted octanol–water partition coefficient (Wildman–Crippen LogP) is 2.51. The number of hydrogen-bond acceptors (Lipinski definition) is 6. The van der Waals surface area contributed by atoms with Gasteiger partial charge in [-0.25, -0.2) is 9.78 Å². The van der Waals surface area contributed by atoms with Crippen LogP contribution >= 0.6 is 11.3 Å². The van der Waals surface area contributed by atoms with E-state index in [-0.39, 0.29) is 5.91 Å². The zero-order valence-corrected chi connectivity index (χ0v) is 14.5. The van der Waals surface area contributed by atoms with E-state index in [4.69, 9.17) is 9.90 Å². The molecule has 27 heavy (non-hydrogen) atoms. The standard InChI is InChI=1S/C14H14N4OS.C2HF3O2/c19-13(5-4-11-3-1-2-6-16-11)18-14-17-9-12(20-14)10-7-15-8-10;3-2(4,5)1(6)7/h1-6,9-10,15H,7-8H2,(H,17,18,19);(H,6,7)/b5-4+;. The van der Waals surface area contributed by atoms with Crippen LogP contribution in [0.2, 0.25) is 0 Å². The number of halogens is 3. The summed E-state index contributed by atoms with van der Waals surface area (Å²) in [5, 5.41) is 13.8. The zero-order chi connectivity index (χ0) is 19.9. The first-order valence-corrected chi connectivity index (χ1v) is 8.44. The van der Waals surface area contributed by atoms with Crippen LogP contribution in [-0.2, 0) is 9.59 Å². The van der Waals surface area contributed by atoms with Gasteiger partial charge in [0.15, 0.2) is 5.13 Å². The van der Waals surface area contributed by atoms with Crippen molar-refractivity contribution in [3.05, 3.63) is 47.2 Å². The average molecular weight is 400 g/mol. The molecule has 0 radical (unpaired) electrons. The number of aromatic nitrogens is 2. The molecule has 11 heteroatoms. The lowest BCUT2D eigenvalue weighted by Gasteiger charge is -2.25. The molecular formula is C16H15F3N4O3S. The highest BCUT2D eigenvalue weighted by Gasteiger charge is 2.38. The van der Waals surface area contributed by atoms with Crippen LogP contribution < -0.4 is 10.6 Å². The maximum Gasteiger partial charge on any atom is 0.490 e. The van der Waals surface area contributed by atoms with Crippen LogP contribution in [0, 0.1) is 0 Å². The topological polar surface area (TPSA) is 104 Å². The van der Waals surface area contributed by atoms with E-state index in [1.807, 2.05) is 24.4 Å². The number of carboxylic acids is 1. The highest BCUT2D eigenvalue weighted by atomic mass is 32.1. The van der Waals surface area contributed by atoms with Crippen LogP contribution in [0.1, 0.15) is 16.5 Å². The summed E-state index contributed by atoms with van der Waals surface area (Å²) in [5.74, 6) is -2.40. The Bertz CT molecular complexity index is 805. The van der Waals surface area contributed by atoms with Crippen molar-refractivity contribution in [3.63, 3.8) is 0 Å². The Morgan fingerprint density at radius 2 is 2.00 bits per heavy atom. The second-order valence-corrected chi connectivity index (χ2v) is 6.37. The molecule has 3 rings (SSSR count). The summed E-state index contributed by atoms with van der Waals surface area (Å²) in [6, 6.07) is 5.56. The van der Waals surface area contributed by atoms with Crippen LogP contribution in [0.3, 0.4) is 0 Å². The van der Waals surface area contributed by atoms with E-state index in [9.17, 15) is 18.0 Å². The number of pyridine rings is 1. The number of aliphatic carboxylic acids is 1. The summed E-state index contributed by atoms with van der Waals surface area (Å²) in [4.78, 5) is 30.2. The number of alkyl halides is 3. The Kier molecular flexibility index (Phi) is 7.02. The number of thiazole rings is 1. The van der Waals surface area contributed by atoms with Gasteiger partial charge in [-0.15, -0.1) is 11.3 Å². The number of carbonyl (C=O) groups is 2. The Labute approximate surface area is 156 Å². The minimum Gasteiger partial charge on any atom is -0.475 e. The highest BCUT2D eigenvalue weighted by Crippen LogP contribution is 2.28. The number of carbonyl (C=O) groups excluding carboxylic acids is 1. The van der Waals surface area contributed by atoms with Gasteiger partial charge >= 0.3 is 12.1 Å². The van der Waals surface area contributed by atoms with E-state index in [1.54, 1.807) is 12.3 Å². The van der Waals surface area contributed by atoms with E-state index < -0.39 is 12.1 Å². The molecule has 7 nitrogen and oxygen atoms in total. The molecule has 1 amide bonds. The number of rotatable bonds is 4. The van der Waals surface area contributed by atoms with Crippen LogP contribution in [0.15, 0.2) is 36.7 Å². The molecule has 2 aromatic rings. The quantitative estimate of drug-likeness (QED) is 0.682. The first-order valence-electron chi connectivity index (χ1n) is 7.62. The summed E-state index contributed by atoms with van der Waals surface area (Å²) in [6.07, 6.45) is 1.60. The number of hydrogen-bond donors (Lipinski definition) is 3. The number of nitrogens with one attached hydrogen (secondary N) is 2. The first kappa shape index (κ1) is 20.5. The predicted molar refractivity (Wildman–Crippen MR) is 93.3 cm³/mol. The molecule has 0 atom stereocenters. The lowest BCUT2D eigenvalue weighted by molar-refractivity contribution is -0.192. The Hall–Kier alpha value is -2.79. The van der Waals surface area contributed by atoms with Gasteiger partial charge in [0.25, 0.3) is 0 Å². The maximum atomic E-state index is 11.8. The van der Waals surface area contributed by atoms with Gasteiger partial charge in [-0.2, -0.15) is 13.2 Å². The molecular weight excluding hydrogens is 385 g/mol. The van der Waals surface area contributed by atoms with E-state index in [1.165, 1.54) is 22.3 Å². The molecule has 3 N–H and O–H groups in total. The van der Waals surface area contributed by atoms with Gasteiger partial charge < -0.3 is 10.4 Å². The molecule has 0 unspecified atom stereocenters. The van der Waals surface area contributed by atoms with Crippen LogP contribution in [0.5, 0.6) is 0 Å². The molecule has 0 spiro atoms. The van der Waals surface area contributed by atoms with E-state index >= 15 is 0 Å². The van der Waals surface area contributed by atoms with Crippen molar-refractivity contribution < 1.29 is 27.9 Å². The summed E-state index contributed by atoms with van der Waals surface area (Å²) in [6.45, 7) is 1.99. The molecule has 2 aromatic heterocycles. The van der Waals surface area contributed by atoms with Crippen molar-refractivity contribution in [2.24, 2.45) is 0 Å². The second-order valence-electron chi connectivity index (χ2n) is 5.30. The van der Waals surface area contributed by atoms with E-state index in [0.29, 0.717) is 11.0 Å². The third-order valence-electron chi connectivity index (χ3n) is 3.27. The zero-order valence-electron chi connectivity index (χ0n) is 13.7. The van der Waals surface area contributed by atoms with Crippen molar-refractivity contribution in [1.29, 1.82) is 0 Å². The van der Waals surface area contributed by atoms with Crippen LogP contribution in [-0.4, -0.2) is 46.2 Å². The highest BCUT2D eigenvalue weighted by molar-refractivity contribution is 7.15. The monoisotopic (exact) mass is 400 g/mol. The second kappa shape index (κ2) is 9.24. The fraction of sp³-hybridized carbons (Fsp3) is 0.250. The first-order chi connectivity index (χ1) is 12.8. The SMILES string of the molecule is O=C(/C=C/c1ccccn1)Nc1ncc(C2CNC2)s1.O=C(O)C(F)(F)F. The molecule has 0 aliphatic carbocycles. The number of nitrogens with zero attached hydrogens (tertiary/aromatic N) is 2. The summed E-state index contributed by atoms with van der Waals surface area (Å²) in [7, 11) is 0. The Morgan fingerprint density at radius 3 is 2.52 bits per heavy atom. The molecule has 0 bridgehead atoms. The minimum atomic E-state index is -5.08. The van der Waals surface area contributed by atoms with Gasteiger partial charge in [0.05, 0.1) is 5.69 Å². The molecule has 1 aliphatic rings. The fourth-order valence-corrected chi connectivity index (χ4v) is 2.72. The largest absolute Gasteiger partial charge is 0.490 e. The molecule has 3 heterocycles. The summed E-state index contributed by atoms with van der Waals surface area (Å²) >= 11 is 1.53. The van der Waals surface area contributed by atoms with Gasteiger partial charge in [0.2, 0.25) is 5.91 Å². The summed E-state index contributed by atoms with van der Waals surface area (Å²) in [5.41, 5.74) is 0.753. The van der Waals surface area contributed by atoms with Crippen molar-refractivity contribution in [2.45, 2.75) is 12.1 Å². The molecule has 0 aromatic carbocycles. The van der Waals surface area contributed by atoms with E-state index in [2.05, 4.69) is 20.6 Å². The van der Waals surface area contributed by atoms with Crippen molar-refractivity contribution in [3.8, 4) is 0 Å². The van der Waals surface area contributed by atoms with Gasteiger partial charge in [-0.3, -0.25) is 15.1 Å². The Morgan fingerprint density at radius 1 is 1.30 bits per heavy atom. The fourth-order valence-electron chi connectivity index (χ4n) is 1.81. The average Bonchev–Trinajstić information content (AvgIpc) is 3.00. The number of carboxylic acid groups (broad SMARTS) is 1. The number of amides is 1. The molecule has 1 aliphatic heterocycles. The van der Waals surface area contributed by atoms with Crippen molar-refractivity contribution in [1.82, 2.24) is 15.3 Å². The molecule has 1 saturated heterocycles. The Balaban J connectivity index is 0.000000321. The third-order valence-corrected chi connectivity index (χ3v) is 4.35. The summed E-state index contributed by atoms with van der Waals surface area (Å²) < 4.78 is 31.7. The lowest BCUT2D eigenvalue weighted by atomic mass is 10.0. The molecule has 1 fully saturated rings. The maximum absolute atomic E-state index is 11.8. The van der Waals surface area contributed by atoms with Gasteiger partial charge in [0, 0.05) is 42.4 Å². The van der Waals surface area contributed by atoms with Gasteiger partial charge in [-0.1, -0.05) is 6.07 Å². The third kappa shape index (κ3) is 6.79. The number of anilines is 1. The molecule has 0 saturated carbocycles. The van der Waals surface area contributed by atoms with Crippen LogP contribution in [0.4, 0.5) is 18.3 Å². The van der Waals surface area contributed by atoms with Crippen LogP contribution in [0.25, 0.3) is 6.08 Å².